The molecular formula is C11H12N4S. The van der Waals surface area contributed by atoms with Crippen LogP contribution in [-0.4, -0.2) is 15.3 Å². The van der Waals surface area contributed by atoms with Gasteiger partial charge in [-0.1, -0.05) is 30.3 Å². The van der Waals surface area contributed by atoms with E-state index in [1.807, 2.05) is 37.3 Å². The molecule has 0 radical (unpaired) electrons. The minimum Gasteiger partial charge on any atom is -0.376 e. The quantitative estimate of drug-likeness (QED) is 0.693. The molecule has 1 aromatic heterocycles. The Balaban J connectivity index is 2.47. The highest BCUT2D eigenvalue weighted by atomic mass is 32.1. The highest BCUT2D eigenvalue weighted by molar-refractivity contribution is 7.80. The van der Waals surface area contributed by atoms with Crippen LogP contribution in [0.25, 0.3) is 11.1 Å². The van der Waals surface area contributed by atoms with Gasteiger partial charge in [0, 0.05) is 11.3 Å². The summed E-state index contributed by atoms with van der Waals surface area (Å²) in [6, 6.07) is 9.96. The zero-order chi connectivity index (χ0) is 11.5. The van der Waals surface area contributed by atoms with Gasteiger partial charge in [-0.3, -0.25) is 5.10 Å². The minimum atomic E-state index is 0.212. The van der Waals surface area contributed by atoms with Crippen LogP contribution in [0.15, 0.2) is 30.3 Å². The second-order valence-corrected chi connectivity index (χ2v) is 3.87. The molecule has 4 nitrogen and oxygen atoms in total. The largest absolute Gasteiger partial charge is 0.376 e. The first-order valence-electron chi connectivity index (χ1n) is 4.85. The molecule has 16 heavy (non-hydrogen) atoms. The molecule has 0 saturated carbocycles. The molecule has 1 heterocycles. The SMILES string of the molecule is Cc1[nH]nc(NC(N)=S)c1-c1ccccc1. The Hall–Kier alpha value is -1.88. The topological polar surface area (TPSA) is 66.7 Å². The summed E-state index contributed by atoms with van der Waals surface area (Å²) in [5.41, 5.74) is 8.49. The van der Waals surface area contributed by atoms with Gasteiger partial charge in [-0.15, -0.1) is 0 Å². The van der Waals surface area contributed by atoms with Crippen LogP contribution in [0.5, 0.6) is 0 Å². The first-order valence-corrected chi connectivity index (χ1v) is 5.26. The van der Waals surface area contributed by atoms with E-state index in [2.05, 4.69) is 15.5 Å². The van der Waals surface area contributed by atoms with Crippen LogP contribution in [0, 0.1) is 6.92 Å². The van der Waals surface area contributed by atoms with Crippen molar-refractivity contribution in [2.75, 3.05) is 5.32 Å². The highest BCUT2D eigenvalue weighted by Gasteiger charge is 2.12. The van der Waals surface area contributed by atoms with Gasteiger partial charge in [0.15, 0.2) is 10.9 Å². The van der Waals surface area contributed by atoms with E-state index in [1.165, 1.54) is 0 Å². The standard InChI is InChI=1S/C11H12N4S/c1-7-9(8-5-3-2-4-6-8)10(15-14-7)13-11(12)16/h2-6H,1H3,(H4,12,13,14,15,16). The normalized spacial score (nSPS) is 10.1. The molecule has 82 valence electrons. The number of thiocarbonyl (C=S) groups is 1. The van der Waals surface area contributed by atoms with Crippen molar-refractivity contribution in [2.24, 2.45) is 5.73 Å². The Morgan fingerprint density at radius 2 is 2.06 bits per heavy atom. The molecule has 5 heteroatoms. The molecule has 0 aliphatic heterocycles. The number of anilines is 1. The smallest absolute Gasteiger partial charge is 0.169 e. The lowest BCUT2D eigenvalue weighted by atomic mass is 10.1. The maximum Gasteiger partial charge on any atom is 0.169 e. The van der Waals surface area contributed by atoms with E-state index in [4.69, 9.17) is 18.0 Å². The maximum absolute atomic E-state index is 5.45. The number of nitrogens with one attached hydrogen (secondary N) is 2. The van der Waals surface area contributed by atoms with Gasteiger partial charge in [-0.25, -0.2) is 0 Å². The molecule has 0 aliphatic rings. The van der Waals surface area contributed by atoms with E-state index in [1.54, 1.807) is 0 Å². The number of nitrogens with two attached hydrogens (primary N) is 1. The third kappa shape index (κ3) is 2.04. The molecule has 0 atom stereocenters. The summed E-state index contributed by atoms with van der Waals surface area (Å²) in [5, 5.41) is 10.1. The van der Waals surface area contributed by atoms with Crippen LogP contribution < -0.4 is 11.1 Å². The summed E-state index contributed by atoms with van der Waals surface area (Å²) >= 11 is 4.81. The monoisotopic (exact) mass is 232 g/mol. The Bertz CT molecular complexity index is 504. The predicted octanol–water partition coefficient (Wildman–Crippen LogP) is 2.04. The molecular weight excluding hydrogens is 220 g/mol. The summed E-state index contributed by atoms with van der Waals surface area (Å²) in [4.78, 5) is 0. The molecule has 0 bridgehead atoms. The van der Waals surface area contributed by atoms with Gasteiger partial charge in [0.05, 0.1) is 0 Å². The summed E-state index contributed by atoms with van der Waals surface area (Å²) in [6.07, 6.45) is 0. The van der Waals surface area contributed by atoms with Crippen molar-refractivity contribution in [1.29, 1.82) is 0 Å². The fourth-order valence-electron chi connectivity index (χ4n) is 1.59. The van der Waals surface area contributed by atoms with Gasteiger partial charge in [-0.2, -0.15) is 5.10 Å². The lowest BCUT2D eigenvalue weighted by molar-refractivity contribution is 1.05. The summed E-state index contributed by atoms with van der Waals surface area (Å²) in [5.74, 6) is 0.663. The van der Waals surface area contributed by atoms with E-state index in [0.29, 0.717) is 5.82 Å². The second kappa shape index (κ2) is 4.32. The number of aryl methyl sites for hydroxylation is 1. The van der Waals surface area contributed by atoms with Gasteiger partial charge < -0.3 is 11.1 Å². The molecule has 0 unspecified atom stereocenters. The van der Waals surface area contributed by atoms with Crippen molar-refractivity contribution >= 4 is 23.1 Å². The van der Waals surface area contributed by atoms with Crippen molar-refractivity contribution in [2.45, 2.75) is 6.92 Å². The van der Waals surface area contributed by atoms with Gasteiger partial charge >= 0.3 is 0 Å². The third-order valence-electron chi connectivity index (χ3n) is 2.25. The Kier molecular flexibility index (Phi) is 2.87. The number of nitrogens with zero attached hydrogens (tertiary/aromatic N) is 1. The number of aromatic nitrogens is 2. The first kappa shape index (κ1) is 10.6. The molecule has 1 aromatic carbocycles. The van der Waals surface area contributed by atoms with Gasteiger partial charge in [0.1, 0.15) is 0 Å². The van der Waals surface area contributed by atoms with E-state index >= 15 is 0 Å². The van der Waals surface area contributed by atoms with E-state index in [-0.39, 0.29) is 5.11 Å². The van der Waals surface area contributed by atoms with Crippen LogP contribution in [-0.2, 0) is 0 Å². The van der Waals surface area contributed by atoms with Crippen LogP contribution in [0.2, 0.25) is 0 Å². The minimum absolute atomic E-state index is 0.212. The van der Waals surface area contributed by atoms with Crippen molar-refractivity contribution in [3.8, 4) is 11.1 Å². The molecule has 0 amide bonds. The third-order valence-corrected chi connectivity index (χ3v) is 2.35. The molecule has 0 aliphatic carbocycles. The van der Waals surface area contributed by atoms with Crippen LogP contribution in [0.3, 0.4) is 0 Å². The number of rotatable bonds is 2. The summed E-state index contributed by atoms with van der Waals surface area (Å²) in [7, 11) is 0. The van der Waals surface area contributed by atoms with Gasteiger partial charge in [0.2, 0.25) is 0 Å². The van der Waals surface area contributed by atoms with Crippen LogP contribution >= 0.6 is 12.2 Å². The van der Waals surface area contributed by atoms with E-state index in [9.17, 15) is 0 Å². The van der Waals surface area contributed by atoms with Crippen LogP contribution in [0.1, 0.15) is 5.69 Å². The maximum atomic E-state index is 5.45. The summed E-state index contributed by atoms with van der Waals surface area (Å²) < 4.78 is 0. The van der Waals surface area contributed by atoms with Crippen molar-refractivity contribution in [1.82, 2.24) is 10.2 Å². The number of hydrogen-bond donors (Lipinski definition) is 3. The Labute approximate surface area is 98.9 Å². The molecule has 0 fully saturated rings. The Morgan fingerprint density at radius 1 is 1.38 bits per heavy atom. The second-order valence-electron chi connectivity index (χ2n) is 3.43. The predicted molar refractivity (Wildman–Crippen MR) is 69.2 cm³/mol. The fourth-order valence-corrected chi connectivity index (χ4v) is 1.69. The summed E-state index contributed by atoms with van der Waals surface area (Å²) in [6.45, 7) is 1.96. The zero-order valence-corrected chi connectivity index (χ0v) is 9.64. The number of aromatic amines is 1. The lowest BCUT2D eigenvalue weighted by Gasteiger charge is -2.04. The van der Waals surface area contributed by atoms with Crippen molar-refractivity contribution < 1.29 is 0 Å². The first-order chi connectivity index (χ1) is 7.68. The van der Waals surface area contributed by atoms with Crippen LogP contribution in [0.4, 0.5) is 5.82 Å². The van der Waals surface area contributed by atoms with Gasteiger partial charge in [-0.05, 0) is 24.7 Å². The number of H-pyrrole nitrogens is 1. The molecule has 2 aromatic rings. The number of benzene rings is 1. The average molecular weight is 232 g/mol. The Morgan fingerprint density at radius 3 is 2.69 bits per heavy atom. The van der Waals surface area contributed by atoms with Gasteiger partial charge in [0.25, 0.3) is 0 Å². The molecule has 0 saturated heterocycles. The average Bonchev–Trinajstić information content (AvgIpc) is 2.60. The highest BCUT2D eigenvalue weighted by Crippen LogP contribution is 2.28. The van der Waals surface area contributed by atoms with Crippen molar-refractivity contribution in [3.05, 3.63) is 36.0 Å². The zero-order valence-electron chi connectivity index (χ0n) is 8.82. The van der Waals surface area contributed by atoms with E-state index in [0.717, 1.165) is 16.8 Å². The lowest BCUT2D eigenvalue weighted by Crippen LogP contribution is -2.19. The fraction of sp³-hybridized carbons (Fsp3) is 0.0909. The van der Waals surface area contributed by atoms with Crippen molar-refractivity contribution in [3.63, 3.8) is 0 Å². The molecule has 0 spiro atoms. The van der Waals surface area contributed by atoms with E-state index < -0.39 is 0 Å². The molecule has 4 N–H and O–H groups in total. The molecule has 2 rings (SSSR count). The number of hydrogen-bond acceptors (Lipinski definition) is 2.